The van der Waals surface area contributed by atoms with Crippen LogP contribution in [0, 0.1) is 6.92 Å². The van der Waals surface area contributed by atoms with Gasteiger partial charge in [0, 0.05) is 11.6 Å². The Hall–Kier alpha value is -2.94. The van der Waals surface area contributed by atoms with Crippen molar-refractivity contribution in [2.24, 2.45) is 0 Å². The number of aryl methyl sites for hydroxylation is 1. The lowest BCUT2D eigenvalue weighted by molar-refractivity contribution is 0.0592. The molecule has 0 unspecified atom stereocenters. The fraction of sp³-hybridized carbons (Fsp3) is 0.118. The lowest BCUT2D eigenvalue weighted by Gasteiger charge is -2.13. The third-order valence-corrected chi connectivity index (χ3v) is 4.86. The number of esters is 1. The number of benzene rings is 1. The highest BCUT2D eigenvalue weighted by molar-refractivity contribution is 7.87. The van der Waals surface area contributed by atoms with Crippen LogP contribution in [-0.4, -0.2) is 39.3 Å². The van der Waals surface area contributed by atoms with E-state index < -0.39 is 16.1 Å². The normalized spacial score (nSPS) is 11.3. The second kappa shape index (κ2) is 6.76. The van der Waals surface area contributed by atoms with Gasteiger partial charge in [-0.15, -0.1) is 0 Å². The summed E-state index contributed by atoms with van der Waals surface area (Å²) in [7, 11) is 2.76. The number of pyridine rings is 2. The molecule has 0 aliphatic carbocycles. The van der Waals surface area contributed by atoms with Crippen molar-refractivity contribution in [2.75, 3.05) is 7.11 Å². The van der Waals surface area contributed by atoms with Crippen molar-refractivity contribution in [2.45, 2.75) is 11.8 Å². The maximum Gasteiger partial charge on any atom is 0.360 e. The maximum atomic E-state index is 12.6. The van der Waals surface area contributed by atoms with E-state index in [9.17, 15) is 13.2 Å². The highest BCUT2D eigenvalue weighted by atomic mass is 32.2. The molecular weight excluding hydrogens is 355 g/mol. The summed E-state index contributed by atoms with van der Waals surface area (Å²) in [5.41, 5.74) is 0.622. The molecule has 0 aliphatic heterocycles. The minimum absolute atomic E-state index is 0.00795. The molecular formula is C17H13BN2O5S. The summed E-state index contributed by atoms with van der Waals surface area (Å²) >= 11 is 0. The number of nitrogens with zero attached hydrogens (tertiary/aromatic N) is 2. The lowest BCUT2D eigenvalue weighted by Crippen LogP contribution is -2.21. The van der Waals surface area contributed by atoms with Gasteiger partial charge in [-0.2, -0.15) is 8.42 Å². The molecule has 0 atom stereocenters. The SMILES string of the molecule is [B]c1nc(C(=O)OC)c(OS(=O)(=O)c2ccc(C)cc2)c2ncccc12. The van der Waals surface area contributed by atoms with E-state index in [1.165, 1.54) is 18.3 Å². The van der Waals surface area contributed by atoms with E-state index in [0.717, 1.165) is 12.7 Å². The van der Waals surface area contributed by atoms with Crippen LogP contribution in [0.25, 0.3) is 10.9 Å². The third-order valence-electron chi connectivity index (χ3n) is 3.63. The van der Waals surface area contributed by atoms with Gasteiger partial charge in [0.05, 0.1) is 7.11 Å². The fourth-order valence-electron chi connectivity index (χ4n) is 2.31. The van der Waals surface area contributed by atoms with Crippen LogP contribution in [0.15, 0.2) is 47.5 Å². The highest BCUT2D eigenvalue weighted by Gasteiger charge is 2.26. The molecule has 2 heterocycles. The molecule has 0 saturated heterocycles. The summed E-state index contributed by atoms with van der Waals surface area (Å²) in [6.07, 6.45) is 1.42. The van der Waals surface area contributed by atoms with E-state index in [1.807, 2.05) is 6.92 Å². The van der Waals surface area contributed by atoms with Crippen molar-refractivity contribution in [3.8, 4) is 5.75 Å². The molecule has 0 spiro atoms. The van der Waals surface area contributed by atoms with Crippen molar-refractivity contribution >= 4 is 40.4 Å². The summed E-state index contributed by atoms with van der Waals surface area (Å²) in [5, 5.41) is 0.356. The third kappa shape index (κ3) is 3.25. The Morgan fingerprint density at radius 2 is 1.85 bits per heavy atom. The van der Waals surface area contributed by atoms with Crippen molar-refractivity contribution in [3.63, 3.8) is 0 Å². The first-order valence-corrected chi connectivity index (χ1v) is 8.88. The predicted octanol–water partition coefficient (Wildman–Crippen LogP) is 1.29. The van der Waals surface area contributed by atoms with Gasteiger partial charge in [0.25, 0.3) is 0 Å². The molecule has 7 nitrogen and oxygen atoms in total. The van der Waals surface area contributed by atoms with Crippen LogP contribution in [0.4, 0.5) is 0 Å². The van der Waals surface area contributed by atoms with Gasteiger partial charge in [-0.3, -0.25) is 9.97 Å². The first kappa shape index (κ1) is 17.9. The van der Waals surface area contributed by atoms with Gasteiger partial charge in [-0.05, 0) is 30.7 Å². The fourth-order valence-corrected chi connectivity index (χ4v) is 3.26. The second-order valence-corrected chi connectivity index (χ2v) is 6.96. The maximum absolute atomic E-state index is 12.6. The smallest absolute Gasteiger partial charge is 0.360 e. The molecule has 130 valence electrons. The molecule has 26 heavy (non-hydrogen) atoms. The van der Waals surface area contributed by atoms with Gasteiger partial charge in [0.15, 0.2) is 5.69 Å². The number of fused-ring (bicyclic) bond motifs is 1. The Balaban J connectivity index is 2.21. The zero-order chi connectivity index (χ0) is 18.9. The zero-order valence-corrected chi connectivity index (χ0v) is 14.8. The largest absolute Gasteiger partial charge is 0.464 e. The number of carbonyl (C=O) groups excluding carboxylic acids is 1. The Bertz CT molecular complexity index is 1100. The zero-order valence-electron chi connectivity index (χ0n) is 14.0. The molecule has 9 heteroatoms. The van der Waals surface area contributed by atoms with Gasteiger partial charge >= 0.3 is 16.1 Å². The summed E-state index contributed by atoms with van der Waals surface area (Å²) < 4.78 is 35.2. The molecule has 0 N–H and O–H groups in total. The number of ether oxygens (including phenoxy) is 1. The van der Waals surface area contributed by atoms with E-state index in [2.05, 4.69) is 14.7 Å². The van der Waals surface area contributed by atoms with Crippen LogP contribution >= 0.6 is 0 Å². The Labute approximate surface area is 151 Å². The Kier molecular flexibility index (Phi) is 4.65. The van der Waals surface area contributed by atoms with Crippen LogP contribution in [0.3, 0.4) is 0 Å². The number of hydrogen-bond donors (Lipinski definition) is 0. The van der Waals surface area contributed by atoms with Crippen LogP contribution in [0.1, 0.15) is 16.1 Å². The standard InChI is InChI=1S/C17H13BN2O5S/c1-10-5-7-11(8-6-10)26(22,23)25-15-13-12(4-3-9-19-13)16(18)20-14(15)17(21)24-2/h3-9H,1-2H3. The topological polar surface area (TPSA) is 95.5 Å². The summed E-state index contributed by atoms with van der Waals surface area (Å²) in [4.78, 5) is 20.0. The Morgan fingerprint density at radius 3 is 2.50 bits per heavy atom. The molecule has 0 bridgehead atoms. The van der Waals surface area contributed by atoms with Gasteiger partial charge in [-0.25, -0.2) is 4.79 Å². The van der Waals surface area contributed by atoms with E-state index in [1.54, 1.807) is 24.3 Å². The number of rotatable bonds is 4. The molecule has 2 aromatic heterocycles. The lowest BCUT2D eigenvalue weighted by atomic mass is 9.97. The first-order valence-electron chi connectivity index (χ1n) is 7.47. The van der Waals surface area contributed by atoms with E-state index in [-0.39, 0.29) is 27.4 Å². The van der Waals surface area contributed by atoms with Crippen LogP contribution in [-0.2, 0) is 14.9 Å². The molecule has 0 saturated carbocycles. The van der Waals surface area contributed by atoms with Gasteiger partial charge < -0.3 is 8.92 Å². The molecule has 1 aromatic carbocycles. The summed E-state index contributed by atoms with van der Waals surface area (Å²) in [6.45, 7) is 1.83. The molecule has 0 amide bonds. The van der Waals surface area contributed by atoms with Crippen molar-refractivity contribution < 1.29 is 22.1 Å². The minimum Gasteiger partial charge on any atom is -0.464 e. The minimum atomic E-state index is -4.23. The first-order chi connectivity index (χ1) is 12.3. The molecule has 3 aromatic rings. The van der Waals surface area contributed by atoms with Crippen molar-refractivity contribution in [1.29, 1.82) is 0 Å². The van der Waals surface area contributed by atoms with Gasteiger partial charge in [0.1, 0.15) is 18.3 Å². The van der Waals surface area contributed by atoms with E-state index in [0.29, 0.717) is 5.39 Å². The predicted molar refractivity (Wildman–Crippen MR) is 95.3 cm³/mol. The molecule has 3 rings (SSSR count). The van der Waals surface area contributed by atoms with Crippen LogP contribution in [0.2, 0.25) is 0 Å². The monoisotopic (exact) mass is 368 g/mol. The van der Waals surface area contributed by atoms with E-state index >= 15 is 0 Å². The molecule has 2 radical (unpaired) electrons. The second-order valence-electron chi connectivity index (χ2n) is 5.42. The molecule has 0 fully saturated rings. The van der Waals surface area contributed by atoms with Crippen LogP contribution < -0.4 is 9.78 Å². The van der Waals surface area contributed by atoms with E-state index in [4.69, 9.17) is 12.0 Å². The van der Waals surface area contributed by atoms with Crippen LogP contribution in [0.5, 0.6) is 5.75 Å². The number of aromatic nitrogens is 2. The van der Waals surface area contributed by atoms with Crippen molar-refractivity contribution in [1.82, 2.24) is 9.97 Å². The number of hydrogen-bond acceptors (Lipinski definition) is 7. The number of methoxy groups -OCH3 is 1. The van der Waals surface area contributed by atoms with Gasteiger partial charge in [0.2, 0.25) is 5.75 Å². The average molecular weight is 368 g/mol. The highest BCUT2D eigenvalue weighted by Crippen LogP contribution is 2.29. The van der Waals surface area contributed by atoms with Gasteiger partial charge in [-0.1, -0.05) is 23.8 Å². The average Bonchev–Trinajstić information content (AvgIpc) is 2.63. The van der Waals surface area contributed by atoms with Crippen molar-refractivity contribution in [3.05, 3.63) is 53.9 Å². The quantitative estimate of drug-likeness (QED) is 0.389. The summed E-state index contributed by atoms with van der Waals surface area (Å²) in [5.74, 6) is -1.22. The number of carbonyl (C=O) groups is 1. The molecule has 0 aliphatic rings. The summed E-state index contributed by atoms with van der Waals surface area (Å²) in [6, 6.07) is 9.28. The Morgan fingerprint density at radius 1 is 1.15 bits per heavy atom.